The van der Waals surface area contributed by atoms with Crippen LogP contribution in [-0.2, 0) is 6.54 Å². The maximum atomic E-state index is 5.74. The van der Waals surface area contributed by atoms with Crippen molar-refractivity contribution in [2.75, 3.05) is 11.9 Å². The molecule has 0 aromatic carbocycles. The molecule has 0 atom stereocenters. The fourth-order valence-corrected chi connectivity index (χ4v) is 2.00. The molecule has 2 rings (SSSR count). The van der Waals surface area contributed by atoms with E-state index in [1.165, 1.54) is 0 Å². The van der Waals surface area contributed by atoms with Crippen LogP contribution in [0.2, 0.25) is 0 Å². The molecule has 0 fully saturated rings. The lowest BCUT2D eigenvalue weighted by Gasteiger charge is -2.21. The van der Waals surface area contributed by atoms with Crippen molar-refractivity contribution in [2.45, 2.75) is 13.5 Å². The third kappa shape index (κ3) is 3.26. The van der Waals surface area contributed by atoms with Crippen LogP contribution < -0.4 is 10.6 Å². The maximum Gasteiger partial charge on any atom is 0.139 e. The Bertz CT molecular complexity index is 583. The zero-order chi connectivity index (χ0) is 13.8. The van der Waals surface area contributed by atoms with Crippen LogP contribution in [-0.4, -0.2) is 22.0 Å². The second kappa shape index (κ2) is 5.75. The van der Waals surface area contributed by atoms with Gasteiger partial charge in [0.05, 0.1) is 17.8 Å². The van der Waals surface area contributed by atoms with Crippen molar-refractivity contribution in [3.8, 4) is 0 Å². The molecule has 0 spiro atoms. The van der Waals surface area contributed by atoms with E-state index >= 15 is 0 Å². The van der Waals surface area contributed by atoms with E-state index in [4.69, 9.17) is 18.0 Å². The van der Waals surface area contributed by atoms with Gasteiger partial charge in [-0.2, -0.15) is 0 Å². The molecular weight excluding hydrogens is 256 g/mol. The molecule has 2 aromatic rings. The molecule has 0 saturated heterocycles. The summed E-state index contributed by atoms with van der Waals surface area (Å²) in [4.78, 5) is 11.2. The fraction of sp³-hybridized carbons (Fsp3) is 0.214. The number of rotatable bonds is 4. The minimum atomic E-state index is 0.357. The van der Waals surface area contributed by atoms with E-state index in [0.29, 0.717) is 11.5 Å². The number of nitrogens with two attached hydrogens (primary N) is 1. The number of hydrogen-bond donors (Lipinski definition) is 1. The molecular formula is C14H16N4S. The molecule has 98 valence electrons. The smallest absolute Gasteiger partial charge is 0.139 e. The van der Waals surface area contributed by atoms with Crippen molar-refractivity contribution in [2.24, 2.45) is 5.73 Å². The zero-order valence-corrected chi connectivity index (χ0v) is 11.8. The Kier molecular flexibility index (Phi) is 4.06. The van der Waals surface area contributed by atoms with E-state index in [1.807, 2.05) is 49.2 Å². The minimum Gasteiger partial charge on any atom is -0.389 e. The molecule has 4 nitrogen and oxygen atoms in total. The highest BCUT2D eigenvalue weighted by atomic mass is 32.1. The zero-order valence-electron chi connectivity index (χ0n) is 11.0. The van der Waals surface area contributed by atoms with Gasteiger partial charge in [-0.25, -0.2) is 4.98 Å². The van der Waals surface area contributed by atoms with Gasteiger partial charge in [0.25, 0.3) is 0 Å². The Hall–Kier alpha value is -2.01. The molecule has 19 heavy (non-hydrogen) atoms. The first-order valence-electron chi connectivity index (χ1n) is 5.96. The van der Waals surface area contributed by atoms with Gasteiger partial charge in [-0.3, -0.25) is 4.98 Å². The minimum absolute atomic E-state index is 0.357. The molecule has 0 saturated carbocycles. The Labute approximate surface area is 118 Å². The summed E-state index contributed by atoms with van der Waals surface area (Å²) in [5.74, 6) is 0.790. The molecule has 2 aromatic heterocycles. The van der Waals surface area contributed by atoms with Crippen molar-refractivity contribution in [1.82, 2.24) is 9.97 Å². The van der Waals surface area contributed by atoms with Gasteiger partial charge in [-0.15, -0.1) is 0 Å². The molecule has 0 radical (unpaired) electrons. The summed E-state index contributed by atoms with van der Waals surface area (Å²) in [6, 6.07) is 9.66. The molecule has 2 N–H and O–H groups in total. The molecule has 0 amide bonds. The van der Waals surface area contributed by atoms with E-state index in [1.54, 1.807) is 6.20 Å². The Morgan fingerprint density at radius 2 is 2.11 bits per heavy atom. The number of aryl methyl sites for hydroxylation is 1. The first-order valence-corrected chi connectivity index (χ1v) is 6.37. The van der Waals surface area contributed by atoms with Crippen LogP contribution in [0.15, 0.2) is 36.5 Å². The first-order chi connectivity index (χ1) is 9.08. The van der Waals surface area contributed by atoms with Gasteiger partial charge in [-0.05, 0) is 31.2 Å². The average Bonchev–Trinajstić information content (AvgIpc) is 2.39. The largest absolute Gasteiger partial charge is 0.389 e. The number of aromatic nitrogens is 2. The summed E-state index contributed by atoms with van der Waals surface area (Å²) < 4.78 is 0. The number of thiocarbonyl (C=S) groups is 1. The number of hydrogen-bond acceptors (Lipinski definition) is 4. The SMILES string of the molecule is Cc1ccc(C(N)=S)c(N(C)Cc2ccccn2)n1. The van der Waals surface area contributed by atoms with Crippen LogP contribution in [0.1, 0.15) is 17.0 Å². The van der Waals surface area contributed by atoms with Crippen LogP contribution in [0.4, 0.5) is 5.82 Å². The van der Waals surface area contributed by atoms with E-state index in [0.717, 1.165) is 22.8 Å². The van der Waals surface area contributed by atoms with Crippen molar-refractivity contribution < 1.29 is 0 Å². The van der Waals surface area contributed by atoms with Gasteiger partial charge >= 0.3 is 0 Å². The summed E-state index contributed by atoms with van der Waals surface area (Å²) >= 11 is 5.07. The van der Waals surface area contributed by atoms with Gasteiger partial charge in [-0.1, -0.05) is 18.3 Å². The predicted octanol–water partition coefficient (Wildman–Crippen LogP) is 2.06. The van der Waals surface area contributed by atoms with Gasteiger partial charge in [0, 0.05) is 18.9 Å². The molecule has 0 bridgehead atoms. The van der Waals surface area contributed by atoms with Crippen molar-refractivity contribution >= 4 is 23.0 Å². The van der Waals surface area contributed by atoms with E-state index in [9.17, 15) is 0 Å². The van der Waals surface area contributed by atoms with Gasteiger partial charge in [0.1, 0.15) is 10.8 Å². The highest BCUT2D eigenvalue weighted by molar-refractivity contribution is 7.80. The third-order valence-corrected chi connectivity index (χ3v) is 2.99. The fourth-order valence-electron chi connectivity index (χ4n) is 1.84. The van der Waals surface area contributed by atoms with E-state index in [2.05, 4.69) is 9.97 Å². The number of pyridine rings is 2. The second-order valence-electron chi connectivity index (χ2n) is 4.37. The van der Waals surface area contributed by atoms with Crippen LogP contribution in [0.5, 0.6) is 0 Å². The molecule has 0 unspecified atom stereocenters. The molecule has 0 aliphatic carbocycles. The van der Waals surface area contributed by atoms with E-state index < -0.39 is 0 Å². The quantitative estimate of drug-likeness (QED) is 0.863. The van der Waals surface area contributed by atoms with Gasteiger partial charge in [0.2, 0.25) is 0 Å². The number of anilines is 1. The van der Waals surface area contributed by atoms with E-state index in [-0.39, 0.29) is 0 Å². The lowest BCUT2D eigenvalue weighted by Crippen LogP contribution is -2.23. The third-order valence-electron chi connectivity index (χ3n) is 2.77. The summed E-state index contributed by atoms with van der Waals surface area (Å²) in [6.45, 7) is 2.61. The summed E-state index contributed by atoms with van der Waals surface area (Å²) in [5, 5.41) is 0. The lowest BCUT2D eigenvalue weighted by atomic mass is 10.2. The van der Waals surface area contributed by atoms with Crippen LogP contribution in [0, 0.1) is 6.92 Å². The highest BCUT2D eigenvalue weighted by Crippen LogP contribution is 2.18. The monoisotopic (exact) mass is 272 g/mol. The Morgan fingerprint density at radius 1 is 1.32 bits per heavy atom. The first kappa shape index (κ1) is 13.4. The maximum absolute atomic E-state index is 5.74. The molecule has 2 heterocycles. The Balaban J connectivity index is 2.30. The van der Waals surface area contributed by atoms with Crippen molar-refractivity contribution in [1.29, 1.82) is 0 Å². The van der Waals surface area contributed by atoms with Gasteiger partial charge < -0.3 is 10.6 Å². The standard InChI is InChI=1S/C14H16N4S/c1-10-6-7-12(13(15)19)14(17-10)18(2)9-11-5-3-4-8-16-11/h3-8H,9H2,1-2H3,(H2,15,19). The van der Waals surface area contributed by atoms with Crippen molar-refractivity contribution in [3.05, 3.63) is 53.5 Å². The summed E-state index contributed by atoms with van der Waals surface area (Å²) in [7, 11) is 1.96. The van der Waals surface area contributed by atoms with Crippen LogP contribution in [0.25, 0.3) is 0 Å². The molecule has 0 aliphatic rings. The summed E-state index contributed by atoms with van der Waals surface area (Å²) in [5.41, 5.74) is 8.44. The van der Waals surface area contributed by atoms with Crippen LogP contribution in [0.3, 0.4) is 0 Å². The number of nitrogens with zero attached hydrogens (tertiary/aromatic N) is 3. The van der Waals surface area contributed by atoms with Gasteiger partial charge in [0.15, 0.2) is 0 Å². The topological polar surface area (TPSA) is 55.0 Å². The van der Waals surface area contributed by atoms with Crippen molar-refractivity contribution in [3.63, 3.8) is 0 Å². The normalized spacial score (nSPS) is 10.2. The van der Waals surface area contributed by atoms with Crippen LogP contribution >= 0.6 is 12.2 Å². The molecule has 0 aliphatic heterocycles. The lowest BCUT2D eigenvalue weighted by molar-refractivity contribution is 0.860. The summed E-state index contributed by atoms with van der Waals surface area (Å²) in [6.07, 6.45) is 1.78. The highest BCUT2D eigenvalue weighted by Gasteiger charge is 2.12. The predicted molar refractivity (Wildman–Crippen MR) is 81.2 cm³/mol. The molecule has 5 heteroatoms. The Morgan fingerprint density at radius 3 is 2.74 bits per heavy atom. The second-order valence-corrected chi connectivity index (χ2v) is 4.81. The average molecular weight is 272 g/mol.